The number of amides is 1. The van der Waals surface area contributed by atoms with Crippen LogP contribution in [0.15, 0.2) is 38.5 Å². The molecule has 26 heavy (non-hydrogen) atoms. The van der Waals surface area contributed by atoms with Crippen molar-refractivity contribution in [2.75, 3.05) is 33.7 Å². The average Bonchev–Trinajstić information content (AvgIpc) is 3.12. The summed E-state index contributed by atoms with van der Waals surface area (Å²) in [6.07, 6.45) is 1.38. The molecule has 0 radical (unpaired) electrons. The first-order valence-corrected chi connectivity index (χ1v) is 8.88. The van der Waals surface area contributed by atoms with Gasteiger partial charge >= 0.3 is 5.76 Å². The van der Waals surface area contributed by atoms with Crippen molar-refractivity contribution in [2.45, 2.75) is 24.9 Å². The van der Waals surface area contributed by atoms with Gasteiger partial charge in [-0.1, -0.05) is 12.1 Å². The molecule has 2 aromatic rings. The zero-order chi connectivity index (χ0) is 18.3. The van der Waals surface area contributed by atoms with Gasteiger partial charge in [0.2, 0.25) is 5.96 Å². The number of nitrogens with one attached hydrogen (secondary N) is 1. The van der Waals surface area contributed by atoms with Gasteiger partial charge in [0.1, 0.15) is 5.54 Å². The van der Waals surface area contributed by atoms with Gasteiger partial charge in [0.05, 0.1) is 5.52 Å². The maximum atomic E-state index is 12.4. The van der Waals surface area contributed by atoms with E-state index in [1.807, 2.05) is 37.2 Å². The van der Waals surface area contributed by atoms with Gasteiger partial charge in [-0.05, 0) is 25.0 Å². The van der Waals surface area contributed by atoms with Crippen molar-refractivity contribution in [2.24, 2.45) is 4.99 Å². The summed E-state index contributed by atoms with van der Waals surface area (Å²) in [4.78, 5) is 33.2. The van der Waals surface area contributed by atoms with E-state index in [0.717, 1.165) is 25.2 Å². The number of benzene rings is 1. The second-order valence-corrected chi connectivity index (χ2v) is 7.14. The minimum Gasteiger partial charge on any atom is -0.408 e. The molecule has 8 nitrogen and oxygen atoms in total. The molecule has 1 spiro atoms. The van der Waals surface area contributed by atoms with Gasteiger partial charge < -0.3 is 14.2 Å². The lowest BCUT2D eigenvalue weighted by Crippen LogP contribution is -2.49. The van der Waals surface area contributed by atoms with Gasteiger partial charge in [-0.15, -0.1) is 0 Å². The molecule has 1 amide bonds. The third kappa shape index (κ3) is 2.80. The molecule has 0 unspecified atom stereocenters. The van der Waals surface area contributed by atoms with Crippen LogP contribution >= 0.6 is 0 Å². The number of rotatable bonds is 3. The van der Waals surface area contributed by atoms with E-state index < -0.39 is 5.54 Å². The third-order valence-electron chi connectivity index (χ3n) is 5.29. The zero-order valence-corrected chi connectivity index (χ0v) is 15.1. The molecular formula is C18H23N5O3. The van der Waals surface area contributed by atoms with Crippen LogP contribution in [0.4, 0.5) is 0 Å². The number of carbonyl (C=O) groups excluding carboxylic acids is 1. The van der Waals surface area contributed by atoms with Gasteiger partial charge in [0, 0.05) is 40.3 Å². The van der Waals surface area contributed by atoms with E-state index >= 15 is 0 Å². The standard InChI is InChI=1S/C18H23N5O3/c1-21(2)16-19-15(24)18(20-16)7-9-22(10-8-18)11-12-23-13-5-3-4-6-14(13)26-17(23)25/h3-6H,7-12H2,1-2H3,(H,19,20,24). The van der Waals surface area contributed by atoms with Crippen molar-refractivity contribution in [1.82, 2.24) is 19.7 Å². The molecule has 138 valence electrons. The van der Waals surface area contributed by atoms with Crippen molar-refractivity contribution in [3.05, 3.63) is 34.8 Å². The number of guanidine groups is 1. The summed E-state index contributed by atoms with van der Waals surface area (Å²) in [5.74, 6) is 0.313. The van der Waals surface area contributed by atoms with E-state index in [-0.39, 0.29) is 11.7 Å². The minimum absolute atomic E-state index is 0.00195. The third-order valence-corrected chi connectivity index (χ3v) is 5.29. The number of piperidine rings is 1. The molecule has 0 atom stereocenters. The number of fused-ring (bicyclic) bond motifs is 1. The van der Waals surface area contributed by atoms with Gasteiger partial charge in [-0.2, -0.15) is 0 Å². The van der Waals surface area contributed by atoms with Crippen LogP contribution in [0.25, 0.3) is 11.1 Å². The average molecular weight is 357 g/mol. The second kappa shape index (κ2) is 6.28. The first kappa shape index (κ1) is 16.8. The molecule has 1 saturated heterocycles. The van der Waals surface area contributed by atoms with Crippen LogP contribution in [0, 0.1) is 0 Å². The molecule has 2 aliphatic rings. The molecule has 1 fully saturated rings. The smallest absolute Gasteiger partial charge is 0.408 e. The molecule has 1 N–H and O–H groups in total. The number of aromatic nitrogens is 1. The van der Waals surface area contributed by atoms with Gasteiger partial charge in [0.15, 0.2) is 5.58 Å². The molecular weight excluding hydrogens is 334 g/mol. The lowest BCUT2D eigenvalue weighted by atomic mass is 9.88. The van der Waals surface area contributed by atoms with E-state index in [1.165, 1.54) is 0 Å². The first-order chi connectivity index (χ1) is 12.5. The minimum atomic E-state index is -0.630. The fraction of sp³-hybridized carbons (Fsp3) is 0.500. The summed E-state index contributed by atoms with van der Waals surface area (Å²) in [6, 6.07) is 7.45. The summed E-state index contributed by atoms with van der Waals surface area (Å²) >= 11 is 0. The van der Waals surface area contributed by atoms with Gasteiger partial charge in [-0.3, -0.25) is 14.7 Å². The predicted octanol–water partition coefficient (Wildman–Crippen LogP) is 0.476. The number of hydrogen-bond acceptors (Lipinski definition) is 6. The topological polar surface area (TPSA) is 83.1 Å². The van der Waals surface area contributed by atoms with Crippen molar-refractivity contribution < 1.29 is 9.21 Å². The van der Waals surface area contributed by atoms with Crippen molar-refractivity contribution in [3.63, 3.8) is 0 Å². The van der Waals surface area contributed by atoms with E-state index in [0.29, 0.717) is 30.9 Å². The maximum absolute atomic E-state index is 12.4. The van der Waals surface area contributed by atoms with Crippen molar-refractivity contribution >= 4 is 23.0 Å². The fourth-order valence-corrected chi connectivity index (χ4v) is 3.66. The van der Waals surface area contributed by atoms with Crippen LogP contribution in [0.1, 0.15) is 12.8 Å². The number of carbonyl (C=O) groups is 1. The Balaban J connectivity index is 1.41. The Morgan fingerprint density at radius 3 is 2.62 bits per heavy atom. The summed E-state index contributed by atoms with van der Waals surface area (Å²) in [6.45, 7) is 2.87. The summed E-state index contributed by atoms with van der Waals surface area (Å²) in [5.41, 5.74) is 0.805. The lowest BCUT2D eigenvalue weighted by molar-refractivity contribution is -0.125. The number of aliphatic imine (C=N–C) groups is 1. The molecule has 1 aromatic heterocycles. The first-order valence-electron chi connectivity index (χ1n) is 8.88. The monoisotopic (exact) mass is 357 g/mol. The molecule has 0 aliphatic carbocycles. The molecule has 3 heterocycles. The molecule has 0 saturated carbocycles. The summed E-state index contributed by atoms with van der Waals surface area (Å²) in [5, 5.41) is 2.87. The van der Waals surface area contributed by atoms with Crippen LogP contribution in [-0.2, 0) is 11.3 Å². The Bertz CT molecular complexity index is 918. The molecule has 1 aromatic carbocycles. The number of oxazole rings is 1. The predicted molar refractivity (Wildman–Crippen MR) is 98.1 cm³/mol. The van der Waals surface area contributed by atoms with Crippen LogP contribution < -0.4 is 11.1 Å². The van der Waals surface area contributed by atoms with E-state index in [9.17, 15) is 9.59 Å². The molecule has 4 rings (SSSR count). The molecule has 2 aliphatic heterocycles. The van der Waals surface area contributed by atoms with Gasteiger partial charge in [-0.25, -0.2) is 9.79 Å². The highest BCUT2D eigenvalue weighted by atomic mass is 16.4. The number of hydrogen-bond donors (Lipinski definition) is 1. The number of nitrogens with zero attached hydrogens (tertiary/aromatic N) is 4. The van der Waals surface area contributed by atoms with E-state index in [1.54, 1.807) is 10.6 Å². The van der Waals surface area contributed by atoms with Crippen LogP contribution in [0.3, 0.4) is 0 Å². The Kier molecular flexibility index (Phi) is 4.07. The van der Waals surface area contributed by atoms with E-state index in [2.05, 4.69) is 15.2 Å². The Morgan fingerprint density at radius 2 is 1.92 bits per heavy atom. The SMILES string of the molecule is CN(C)C1=NC2(CCN(CCn3c(=O)oc4ccccc43)CC2)C(=O)N1. The van der Waals surface area contributed by atoms with Crippen LogP contribution in [0.2, 0.25) is 0 Å². The van der Waals surface area contributed by atoms with Gasteiger partial charge in [0.25, 0.3) is 5.91 Å². The van der Waals surface area contributed by atoms with Crippen molar-refractivity contribution in [3.8, 4) is 0 Å². The fourth-order valence-electron chi connectivity index (χ4n) is 3.66. The quantitative estimate of drug-likeness (QED) is 0.864. The highest BCUT2D eigenvalue weighted by molar-refractivity contribution is 6.07. The Hall–Kier alpha value is -2.61. The normalized spacial score (nSPS) is 19.8. The summed E-state index contributed by atoms with van der Waals surface area (Å²) in [7, 11) is 3.75. The molecule has 8 heteroatoms. The maximum Gasteiger partial charge on any atom is 0.419 e. The lowest BCUT2D eigenvalue weighted by Gasteiger charge is -2.35. The highest BCUT2D eigenvalue weighted by Crippen LogP contribution is 2.30. The zero-order valence-electron chi connectivity index (χ0n) is 15.1. The molecule has 0 bridgehead atoms. The van der Waals surface area contributed by atoms with Crippen molar-refractivity contribution in [1.29, 1.82) is 0 Å². The Morgan fingerprint density at radius 1 is 1.19 bits per heavy atom. The number of para-hydroxylation sites is 2. The Labute approximate surface area is 151 Å². The summed E-state index contributed by atoms with van der Waals surface area (Å²) < 4.78 is 6.95. The highest BCUT2D eigenvalue weighted by Gasteiger charge is 2.46. The van der Waals surface area contributed by atoms with Crippen LogP contribution in [-0.4, -0.2) is 65.5 Å². The number of likely N-dealkylation sites (tertiary alicyclic amines) is 1. The van der Waals surface area contributed by atoms with E-state index in [4.69, 9.17) is 4.42 Å². The van der Waals surface area contributed by atoms with Crippen LogP contribution in [0.5, 0.6) is 0 Å². The second-order valence-electron chi connectivity index (χ2n) is 7.14. The largest absolute Gasteiger partial charge is 0.419 e.